The first kappa shape index (κ1) is 37.0. The number of hydrogen-bond donors (Lipinski definition) is 1. The molecular formula is C37H32ClF5N4O7. The van der Waals surface area contributed by atoms with Crippen LogP contribution in [0.25, 0.3) is 11.1 Å². The lowest BCUT2D eigenvalue weighted by Gasteiger charge is -2.40. The van der Waals surface area contributed by atoms with Crippen LogP contribution in [0.1, 0.15) is 61.5 Å². The molecule has 0 bridgehead atoms. The van der Waals surface area contributed by atoms with Gasteiger partial charge in [0.2, 0.25) is 17.4 Å². The molecule has 0 radical (unpaired) electrons. The van der Waals surface area contributed by atoms with Gasteiger partial charge in [0.25, 0.3) is 0 Å². The molecule has 11 nitrogen and oxygen atoms in total. The molecule has 0 saturated carbocycles. The number of hydrogen-bond acceptors (Lipinski definition) is 8. The smallest absolute Gasteiger partial charge is 0.410 e. The number of alkyl halides is 3. The highest BCUT2D eigenvalue weighted by atomic mass is 35.5. The Morgan fingerprint density at radius 1 is 1.04 bits per heavy atom. The summed E-state index contributed by atoms with van der Waals surface area (Å²) in [5.41, 5.74) is 1.88. The van der Waals surface area contributed by atoms with Crippen molar-refractivity contribution in [3.05, 3.63) is 92.4 Å². The van der Waals surface area contributed by atoms with Crippen LogP contribution >= 0.6 is 11.6 Å². The number of aryl methyl sites for hydroxylation is 1. The van der Waals surface area contributed by atoms with E-state index in [2.05, 4.69) is 5.10 Å². The number of likely N-dealkylation sites (tertiary alicyclic amines) is 1. The van der Waals surface area contributed by atoms with Gasteiger partial charge >= 0.3 is 17.8 Å². The molecule has 0 unspecified atom stereocenters. The van der Waals surface area contributed by atoms with Crippen molar-refractivity contribution in [1.82, 2.24) is 14.7 Å². The first-order valence-corrected chi connectivity index (χ1v) is 17.2. The second-order valence-electron chi connectivity index (χ2n) is 14.1. The summed E-state index contributed by atoms with van der Waals surface area (Å²) in [6.45, 7) is 4.72. The van der Waals surface area contributed by atoms with E-state index in [1.54, 1.807) is 56.0 Å². The average molecular weight is 775 g/mol. The Hall–Kier alpha value is -5.38. The summed E-state index contributed by atoms with van der Waals surface area (Å²) in [4.78, 5) is 41.1. The van der Waals surface area contributed by atoms with Crippen LogP contribution in [-0.4, -0.2) is 51.0 Å². The molecule has 1 saturated heterocycles. The summed E-state index contributed by atoms with van der Waals surface area (Å²) in [6.07, 6.45) is -4.69. The maximum absolute atomic E-state index is 17.0. The number of primary amides is 1. The van der Waals surface area contributed by atoms with Crippen molar-refractivity contribution in [3.8, 4) is 39.9 Å². The van der Waals surface area contributed by atoms with Crippen molar-refractivity contribution < 1.29 is 50.5 Å². The number of fused-ring (bicyclic) bond motifs is 3. The van der Waals surface area contributed by atoms with E-state index in [0.29, 0.717) is 29.6 Å². The van der Waals surface area contributed by atoms with Crippen LogP contribution in [0, 0.1) is 11.6 Å². The summed E-state index contributed by atoms with van der Waals surface area (Å²) in [5, 5.41) is 3.12. The van der Waals surface area contributed by atoms with Crippen LogP contribution in [0.2, 0.25) is 5.02 Å². The third-order valence-corrected chi connectivity index (χ3v) is 9.77. The first-order valence-electron chi connectivity index (χ1n) is 16.8. The monoisotopic (exact) mass is 774 g/mol. The van der Waals surface area contributed by atoms with Gasteiger partial charge in [-0.05, 0) is 45.2 Å². The molecule has 4 aromatic rings. The number of halogens is 6. The molecule has 0 aliphatic carbocycles. The van der Waals surface area contributed by atoms with E-state index in [0.717, 1.165) is 18.3 Å². The second kappa shape index (κ2) is 13.2. The fourth-order valence-electron chi connectivity index (χ4n) is 7.17. The largest absolute Gasteiger partial charge is 0.480 e. The number of amides is 2. The fraction of sp³-hybridized carbons (Fsp3) is 0.351. The highest BCUT2D eigenvalue weighted by Crippen LogP contribution is 2.55. The van der Waals surface area contributed by atoms with E-state index in [1.807, 2.05) is 0 Å². The number of carbonyl (C=O) groups excluding carboxylic acids is 2. The van der Waals surface area contributed by atoms with Crippen molar-refractivity contribution in [2.24, 2.45) is 5.73 Å². The van der Waals surface area contributed by atoms with Crippen molar-refractivity contribution in [2.45, 2.75) is 76.4 Å². The van der Waals surface area contributed by atoms with Crippen LogP contribution in [-0.2, 0) is 23.3 Å². The number of aromatic nitrogens is 2. The lowest BCUT2D eigenvalue weighted by atomic mass is 9.79. The third-order valence-electron chi connectivity index (χ3n) is 9.40. The number of rotatable bonds is 6. The fourth-order valence-corrected chi connectivity index (χ4v) is 7.43. The van der Waals surface area contributed by atoms with Crippen LogP contribution in [0.3, 0.4) is 0 Å². The molecular weight excluding hydrogens is 743 g/mol. The third kappa shape index (κ3) is 6.45. The predicted octanol–water partition coefficient (Wildman–Crippen LogP) is 8.02. The zero-order valence-corrected chi connectivity index (χ0v) is 29.7. The Bertz CT molecular complexity index is 2260. The minimum atomic E-state index is -4.59. The minimum absolute atomic E-state index is 0.0366. The number of carbonyl (C=O) groups is 2. The van der Waals surface area contributed by atoms with Crippen LogP contribution < -0.4 is 25.5 Å². The molecule has 17 heteroatoms. The van der Waals surface area contributed by atoms with Crippen LogP contribution in [0.15, 0.2) is 53.5 Å². The summed E-state index contributed by atoms with van der Waals surface area (Å²) >= 11 is 6.63. The summed E-state index contributed by atoms with van der Waals surface area (Å²) in [6, 6.07) is 10.3. The highest BCUT2D eigenvalue weighted by molar-refractivity contribution is 6.34. The van der Waals surface area contributed by atoms with Crippen LogP contribution in [0.4, 0.5) is 26.7 Å². The van der Waals surface area contributed by atoms with Crippen molar-refractivity contribution in [2.75, 3.05) is 6.54 Å². The Balaban J connectivity index is 1.36. The van der Waals surface area contributed by atoms with Gasteiger partial charge in [0.15, 0.2) is 22.9 Å². The Kier molecular flexibility index (Phi) is 9.02. The maximum Gasteiger partial charge on any atom is 0.410 e. The lowest BCUT2D eigenvalue weighted by molar-refractivity contribution is -0.137. The number of benzene rings is 3. The summed E-state index contributed by atoms with van der Waals surface area (Å²) < 4.78 is 95.6. The van der Waals surface area contributed by atoms with Gasteiger partial charge in [0.05, 0.1) is 35.8 Å². The molecule has 3 aliphatic heterocycles. The van der Waals surface area contributed by atoms with E-state index >= 15 is 8.78 Å². The molecule has 4 heterocycles. The molecule has 0 spiro atoms. The molecule has 284 valence electrons. The van der Waals surface area contributed by atoms with E-state index in [-0.39, 0.29) is 23.3 Å². The molecule has 3 aromatic carbocycles. The minimum Gasteiger partial charge on any atom is -0.480 e. The standard InChI is InChI=1S/C37H32ClF5N4O7/c1-35(2,3)54-34(50)46-12-7-10-25(46)36(18-8-5-4-6-9-18)16-20-22(53-36)15-21(39)28(38)26(20)27-19(32(44)48)14-23-30(29(27)40)52-24-17-45-47(13-11-37(41,42)43)33(49)31(24)51-23/h4-6,8-9,14-15,17,25H,7,10-13,16H2,1-3H3,(H2,44,48)/t25-,36-/m0/s1. The normalized spacial score (nSPS) is 18.9. The molecule has 2 amide bonds. The molecule has 54 heavy (non-hydrogen) atoms. The topological polar surface area (TPSA) is 135 Å². The Labute approximate surface area is 309 Å². The van der Waals surface area contributed by atoms with Crippen molar-refractivity contribution in [3.63, 3.8) is 0 Å². The van der Waals surface area contributed by atoms with E-state index < -0.39 is 105 Å². The first-order chi connectivity index (χ1) is 25.4. The quantitative estimate of drug-likeness (QED) is 0.172. The van der Waals surface area contributed by atoms with Gasteiger partial charge in [-0.3, -0.25) is 9.59 Å². The van der Waals surface area contributed by atoms with Gasteiger partial charge in [-0.15, -0.1) is 0 Å². The van der Waals surface area contributed by atoms with E-state index in [1.165, 1.54) is 0 Å². The second-order valence-corrected chi connectivity index (χ2v) is 14.5. The molecule has 1 aromatic heterocycles. The molecule has 1 fully saturated rings. The molecule has 2 atom stereocenters. The zero-order chi connectivity index (χ0) is 38.9. The van der Waals surface area contributed by atoms with Gasteiger partial charge in [-0.2, -0.15) is 18.3 Å². The summed E-state index contributed by atoms with van der Waals surface area (Å²) in [5.74, 6) is -5.76. The maximum atomic E-state index is 17.0. The highest BCUT2D eigenvalue weighted by Gasteiger charge is 2.54. The van der Waals surface area contributed by atoms with Crippen molar-refractivity contribution in [1.29, 1.82) is 0 Å². The average Bonchev–Trinajstić information content (AvgIpc) is 3.74. The van der Waals surface area contributed by atoms with Crippen LogP contribution in [0.5, 0.6) is 28.7 Å². The van der Waals surface area contributed by atoms with Gasteiger partial charge < -0.3 is 29.6 Å². The van der Waals surface area contributed by atoms with E-state index in [9.17, 15) is 27.6 Å². The van der Waals surface area contributed by atoms with Crippen molar-refractivity contribution >= 4 is 23.6 Å². The SMILES string of the molecule is CC(C)(C)OC(=O)N1CCC[C@H]1[C@@]1(c2ccccc2)Cc2c(cc(F)c(Cl)c2-c2c(C(N)=O)cc3c(c2F)Oc2cnn(CCC(F)(F)F)c(=O)c2O3)O1. The summed E-state index contributed by atoms with van der Waals surface area (Å²) in [7, 11) is 0. The molecule has 2 N–H and O–H groups in total. The number of ether oxygens (including phenoxy) is 4. The van der Waals surface area contributed by atoms with Gasteiger partial charge in [0, 0.05) is 35.7 Å². The zero-order valence-electron chi connectivity index (χ0n) is 29.0. The van der Waals surface area contributed by atoms with Gasteiger partial charge in [0.1, 0.15) is 17.2 Å². The molecule has 7 rings (SSSR count). The Morgan fingerprint density at radius 3 is 2.41 bits per heavy atom. The van der Waals surface area contributed by atoms with Gasteiger partial charge in [-0.25, -0.2) is 18.3 Å². The number of nitrogens with two attached hydrogens (primary N) is 1. The number of nitrogens with zero attached hydrogens (tertiary/aromatic N) is 3. The predicted molar refractivity (Wildman–Crippen MR) is 183 cm³/mol. The van der Waals surface area contributed by atoms with Gasteiger partial charge in [-0.1, -0.05) is 41.9 Å². The molecule has 3 aliphatic rings. The lowest BCUT2D eigenvalue weighted by Crippen LogP contribution is -2.53. The van der Waals surface area contributed by atoms with E-state index in [4.69, 9.17) is 36.3 Å². The Morgan fingerprint density at radius 2 is 1.74 bits per heavy atom.